The minimum Gasteiger partial charge on any atom is -0.492 e. The molecule has 0 saturated carbocycles. The van der Waals surface area contributed by atoms with E-state index in [1.54, 1.807) is 0 Å². The van der Waals surface area contributed by atoms with Crippen molar-refractivity contribution < 1.29 is 9.53 Å². The summed E-state index contributed by atoms with van der Waals surface area (Å²) >= 11 is 0. The van der Waals surface area contributed by atoms with E-state index >= 15 is 0 Å². The van der Waals surface area contributed by atoms with E-state index in [0.29, 0.717) is 18.6 Å². The van der Waals surface area contributed by atoms with Gasteiger partial charge in [-0.25, -0.2) is 0 Å². The van der Waals surface area contributed by atoms with E-state index in [-0.39, 0.29) is 5.91 Å². The van der Waals surface area contributed by atoms with E-state index in [9.17, 15) is 4.79 Å². The molecule has 2 atom stereocenters. The maximum absolute atomic E-state index is 12.9. The number of piperidine rings is 1. The van der Waals surface area contributed by atoms with Crippen molar-refractivity contribution in [1.29, 1.82) is 0 Å². The quantitative estimate of drug-likeness (QED) is 0.809. The van der Waals surface area contributed by atoms with Crippen molar-refractivity contribution in [2.45, 2.75) is 31.7 Å². The number of amides is 1. The summed E-state index contributed by atoms with van der Waals surface area (Å²) in [4.78, 5) is 14.9. The lowest BCUT2D eigenvalue weighted by molar-refractivity contribution is 0.0631. The highest BCUT2D eigenvalue weighted by atomic mass is 16.5. The molecule has 2 N–H and O–H groups in total. The zero-order valence-corrected chi connectivity index (χ0v) is 14.6. The molecule has 0 bridgehead atoms. The zero-order chi connectivity index (χ0) is 16.8. The number of ether oxygens (including phenoxy) is 1. The predicted molar refractivity (Wildman–Crippen MR) is 95.5 cm³/mol. The molecule has 24 heavy (non-hydrogen) atoms. The molecular formula is C19H29N3O2. The molecule has 0 aromatic heterocycles. The first-order valence-electron chi connectivity index (χ1n) is 9.18. The fraction of sp³-hybridized carbons (Fsp3) is 0.632. The van der Waals surface area contributed by atoms with Crippen LogP contribution in [0, 0.1) is 5.92 Å². The molecule has 1 amide bonds. The van der Waals surface area contributed by atoms with Crippen LogP contribution in [0.15, 0.2) is 24.3 Å². The van der Waals surface area contributed by atoms with Crippen molar-refractivity contribution in [3.8, 4) is 5.75 Å². The molecule has 0 unspecified atom stereocenters. The van der Waals surface area contributed by atoms with Crippen LogP contribution in [0.3, 0.4) is 0 Å². The van der Waals surface area contributed by atoms with Gasteiger partial charge in [-0.1, -0.05) is 12.5 Å². The van der Waals surface area contributed by atoms with Gasteiger partial charge in [0.05, 0.1) is 0 Å². The Morgan fingerprint density at radius 2 is 2.29 bits per heavy atom. The number of hydrogen-bond acceptors (Lipinski definition) is 4. The van der Waals surface area contributed by atoms with Crippen molar-refractivity contribution >= 4 is 5.91 Å². The molecule has 2 heterocycles. The standard InChI is InChI=1S/C19H29N3O2/c1-20-10-12-24-17-7-4-6-15(13-17)19(23)22-11-8-18-16(14-22)5-2-3-9-21-18/h4,6-7,13,16,18,20-21H,2-3,5,8-12,14H2,1H3/t16-,18+/m0/s1. The normalized spacial score (nSPS) is 24.1. The summed E-state index contributed by atoms with van der Waals surface area (Å²) in [5.41, 5.74) is 0.733. The summed E-state index contributed by atoms with van der Waals surface area (Å²) in [5, 5.41) is 6.71. The zero-order valence-electron chi connectivity index (χ0n) is 14.6. The molecule has 132 valence electrons. The number of likely N-dealkylation sites (tertiary alicyclic amines) is 1. The number of fused-ring (bicyclic) bond motifs is 1. The van der Waals surface area contributed by atoms with Gasteiger partial charge in [0.2, 0.25) is 0 Å². The molecular weight excluding hydrogens is 302 g/mol. The van der Waals surface area contributed by atoms with Gasteiger partial charge >= 0.3 is 0 Å². The predicted octanol–water partition coefficient (Wildman–Crippen LogP) is 1.89. The molecule has 2 aliphatic rings. The molecule has 5 heteroatoms. The molecule has 3 rings (SSSR count). The Morgan fingerprint density at radius 1 is 1.38 bits per heavy atom. The maximum atomic E-state index is 12.9. The smallest absolute Gasteiger partial charge is 0.253 e. The van der Waals surface area contributed by atoms with Gasteiger partial charge in [0.1, 0.15) is 12.4 Å². The third-order valence-corrected chi connectivity index (χ3v) is 5.13. The number of rotatable bonds is 5. The molecule has 0 spiro atoms. The van der Waals surface area contributed by atoms with E-state index in [2.05, 4.69) is 10.6 Å². The van der Waals surface area contributed by atoms with Crippen LogP contribution in [0.4, 0.5) is 0 Å². The summed E-state index contributed by atoms with van der Waals surface area (Å²) < 4.78 is 5.68. The lowest BCUT2D eigenvalue weighted by atomic mass is 9.89. The van der Waals surface area contributed by atoms with Crippen LogP contribution in [-0.2, 0) is 0 Å². The molecule has 2 aliphatic heterocycles. The fourth-order valence-corrected chi connectivity index (χ4v) is 3.77. The SMILES string of the molecule is CNCCOc1cccc(C(=O)N2CC[C@H]3NCCCC[C@H]3C2)c1. The molecule has 2 fully saturated rings. The summed E-state index contributed by atoms with van der Waals surface area (Å²) in [5.74, 6) is 1.50. The van der Waals surface area contributed by atoms with Crippen LogP contribution >= 0.6 is 0 Å². The summed E-state index contributed by atoms with van der Waals surface area (Å²) in [7, 11) is 1.90. The molecule has 0 aliphatic carbocycles. The lowest BCUT2D eigenvalue weighted by Crippen LogP contribution is -2.50. The maximum Gasteiger partial charge on any atom is 0.253 e. The topological polar surface area (TPSA) is 53.6 Å². The van der Waals surface area contributed by atoms with Crippen molar-refractivity contribution in [2.24, 2.45) is 5.92 Å². The van der Waals surface area contributed by atoms with E-state index in [1.165, 1.54) is 19.3 Å². The number of hydrogen-bond donors (Lipinski definition) is 2. The molecule has 2 saturated heterocycles. The summed E-state index contributed by atoms with van der Waals surface area (Å²) in [6.07, 6.45) is 4.82. The Balaban J connectivity index is 1.62. The average Bonchev–Trinajstić information content (AvgIpc) is 2.86. The van der Waals surface area contributed by atoms with Crippen molar-refractivity contribution in [1.82, 2.24) is 15.5 Å². The van der Waals surface area contributed by atoms with Gasteiger partial charge in [0, 0.05) is 31.2 Å². The van der Waals surface area contributed by atoms with Crippen LogP contribution in [0.1, 0.15) is 36.0 Å². The highest BCUT2D eigenvalue weighted by Crippen LogP contribution is 2.26. The second kappa shape index (κ2) is 8.49. The van der Waals surface area contributed by atoms with Crippen LogP contribution in [0.5, 0.6) is 5.75 Å². The minimum absolute atomic E-state index is 0.136. The Bertz CT molecular complexity index is 549. The number of likely N-dealkylation sites (N-methyl/N-ethyl adjacent to an activating group) is 1. The van der Waals surface area contributed by atoms with Gasteiger partial charge in [-0.2, -0.15) is 0 Å². The Morgan fingerprint density at radius 3 is 3.17 bits per heavy atom. The Kier molecular flexibility index (Phi) is 6.10. The third-order valence-electron chi connectivity index (χ3n) is 5.13. The van der Waals surface area contributed by atoms with Crippen LogP contribution in [-0.4, -0.2) is 56.7 Å². The molecule has 0 radical (unpaired) electrons. The first-order chi connectivity index (χ1) is 11.8. The Hall–Kier alpha value is -1.59. The number of benzene rings is 1. The van der Waals surface area contributed by atoms with Crippen LogP contribution in [0.2, 0.25) is 0 Å². The lowest BCUT2D eigenvalue weighted by Gasteiger charge is -2.38. The van der Waals surface area contributed by atoms with Crippen molar-refractivity contribution in [3.63, 3.8) is 0 Å². The van der Waals surface area contributed by atoms with Gasteiger partial charge < -0.3 is 20.3 Å². The fourth-order valence-electron chi connectivity index (χ4n) is 3.77. The monoisotopic (exact) mass is 331 g/mol. The van der Waals surface area contributed by atoms with E-state index < -0.39 is 0 Å². The van der Waals surface area contributed by atoms with Gasteiger partial charge in [-0.15, -0.1) is 0 Å². The third kappa shape index (κ3) is 4.28. The van der Waals surface area contributed by atoms with Gasteiger partial charge in [0.15, 0.2) is 0 Å². The van der Waals surface area contributed by atoms with Crippen molar-refractivity contribution in [3.05, 3.63) is 29.8 Å². The molecule has 5 nitrogen and oxygen atoms in total. The van der Waals surface area contributed by atoms with Crippen LogP contribution in [0.25, 0.3) is 0 Å². The number of nitrogens with zero attached hydrogens (tertiary/aromatic N) is 1. The minimum atomic E-state index is 0.136. The van der Waals surface area contributed by atoms with E-state index in [0.717, 1.165) is 43.9 Å². The van der Waals surface area contributed by atoms with Gasteiger partial charge in [0.25, 0.3) is 5.91 Å². The second-order valence-corrected chi connectivity index (χ2v) is 6.84. The first kappa shape index (κ1) is 17.2. The number of carbonyl (C=O) groups excluding carboxylic acids is 1. The van der Waals surface area contributed by atoms with E-state index in [1.807, 2.05) is 36.2 Å². The highest BCUT2D eigenvalue weighted by Gasteiger charge is 2.32. The Labute approximate surface area is 144 Å². The first-order valence-corrected chi connectivity index (χ1v) is 9.18. The van der Waals surface area contributed by atoms with Crippen LogP contribution < -0.4 is 15.4 Å². The largest absolute Gasteiger partial charge is 0.492 e. The van der Waals surface area contributed by atoms with Crippen molar-refractivity contribution in [2.75, 3.05) is 39.8 Å². The number of carbonyl (C=O) groups is 1. The average molecular weight is 331 g/mol. The highest BCUT2D eigenvalue weighted by molar-refractivity contribution is 5.94. The molecule has 1 aromatic carbocycles. The van der Waals surface area contributed by atoms with Gasteiger partial charge in [-0.3, -0.25) is 4.79 Å². The summed E-state index contributed by atoms with van der Waals surface area (Å²) in [6.45, 7) is 4.24. The summed E-state index contributed by atoms with van der Waals surface area (Å²) in [6, 6.07) is 8.17. The molecule has 1 aromatic rings. The van der Waals surface area contributed by atoms with E-state index in [4.69, 9.17) is 4.74 Å². The number of nitrogens with one attached hydrogen (secondary N) is 2. The van der Waals surface area contributed by atoms with Gasteiger partial charge in [-0.05, 0) is 57.0 Å². The second-order valence-electron chi connectivity index (χ2n) is 6.84.